The third-order valence-electron chi connectivity index (χ3n) is 7.71. The van der Waals surface area contributed by atoms with Crippen LogP contribution in [0.1, 0.15) is 47.6 Å². The van der Waals surface area contributed by atoms with Crippen LogP contribution in [0.25, 0.3) is 11.4 Å². The molecule has 3 aromatic rings. The molecule has 2 fully saturated rings. The lowest BCUT2D eigenvalue weighted by atomic mass is 9.94. The number of pyridine rings is 1. The van der Waals surface area contributed by atoms with E-state index in [0.717, 1.165) is 56.4 Å². The zero-order valence-electron chi connectivity index (χ0n) is 20.9. The SMILES string of the molecule is Cc1nc(C(F)(F)F)ccc1-c1nnc(CCCCN2C[C@@H]3C[C@]3(c3ccc(C(F)(F)F)cc3)C2)n1C.Cl. The maximum Gasteiger partial charge on any atom is 0.433 e. The number of hydrogen-bond acceptors (Lipinski definition) is 4. The second kappa shape index (κ2) is 10.1. The summed E-state index contributed by atoms with van der Waals surface area (Å²) in [4.78, 5) is 6.06. The Balaban J connectivity index is 0.00000336. The van der Waals surface area contributed by atoms with Crippen molar-refractivity contribution in [1.29, 1.82) is 0 Å². The fourth-order valence-corrected chi connectivity index (χ4v) is 5.58. The van der Waals surface area contributed by atoms with Crippen LogP contribution in [0.3, 0.4) is 0 Å². The van der Waals surface area contributed by atoms with Crippen LogP contribution in [-0.4, -0.2) is 44.3 Å². The Morgan fingerprint density at radius 1 is 0.947 bits per heavy atom. The van der Waals surface area contributed by atoms with Crippen LogP contribution in [0.15, 0.2) is 36.4 Å². The highest BCUT2D eigenvalue weighted by molar-refractivity contribution is 5.85. The Bertz CT molecular complexity index is 1290. The Hall–Kier alpha value is -2.66. The van der Waals surface area contributed by atoms with Crippen LogP contribution in [0.2, 0.25) is 0 Å². The number of aromatic nitrogens is 4. The van der Waals surface area contributed by atoms with Crippen molar-refractivity contribution in [3.8, 4) is 11.4 Å². The molecule has 1 saturated carbocycles. The number of piperidine rings is 1. The molecule has 1 saturated heterocycles. The molecule has 2 atom stereocenters. The number of rotatable bonds is 7. The zero-order valence-corrected chi connectivity index (χ0v) is 21.7. The van der Waals surface area contributed by atoms with Gasteiger partial charge in [0.2, 0.25) is 0 Å². The predicted molar refractivity (Wildman–Crippen MR) is 132 cm³/mol. The summed E-state index contributed by atoms with van der Waals surface area (Å²) in [7, 11) is 1.80. The summed E-state index contributed by atoms with van der Waals surface area (Å²) >= 11 is 0. The number of hydrogen-bond donors (Lipinski definition) is 0. The highest BCUT2D eigenvalue weighted by Crippen LogP contribution is 2.59. The number of fused-ring (bicyclic) bond motifs is 1. The molecule has 0 N–H and O–H groups in total. The molecular weight excluding hydrogens is 532 g/mol. The van der Waals surface area contributed by atoms with E-state index in [2.05, 4.69) is 20.1 Å². The molecule has 2 aromatic heterocycles. The summed E-state index contributed by atoms with van der Waals surface area (Å²) in [6.07, 6.45) is -5.32. The largest absolute Gasteiger partial charge is 0.433 e. The van der Waals surface area contributed by atoms with Crippen molar-refractivity contribution < 1.29 is 26.3 Å². The monoisotopic (exact) mass is 559 g/mol. The molecule has 12 heteroatoms. The van der Waals surface area contributed by atoms with Gasteiger partial charge in [-0.25, -0.2) is 4.98 Å². The number of alkyl halides is 6. The van der Waals surface area contributed by atoms with Crippen molar-refractivity contribution in [3.05, 3.63) is 64.7 Å². The minimum absolute atomic E-state index is 0. The standard InChI is InChI=1S/C26H27F6N5.ClH/c1-16-20(10-11-21(33-16)26(30,31)32)23-35-34-22(36(23)2)5-3-4-12-37-14-19-13-24(19,15-37)17-6-8-18(9-7-17)25(27,28)29;/h6-11,19H,3-5,12-15H2,1-2H3;1H/t19-,24+;/m0./s1. The summed E-state index contributed by atoms with van der Waals surface area (Å²) in [5.41, 5.74) is 0.182. The first kappa shape index (κ1) is 28.4. The molecule has 0 amide bonds. The van der Waals surface area contributed by atoms with Crippen molar-refractivity contribution in [3.63, 3.8) is 0 Å². The van der Waals surface area contributed by atoms with Gasteiger partial charge in [0.05, 0.1) is 5.56 Å². The topological polar surface area (TPSA) is 46.8 Å². The number of unbranched alkanes of at least 4 members (excludes halogenated alkanes) is 1. The quantitative estimate of drug-likeness (QED) is 0.254. The maximum absolute atomic E-state index is 12.9. The van der Waals surface area contributed by atoms with Gasteiger partial charge in [-0.2, -0.15) is 26.3 Å². The van der Waals surface area contributed by atoms with Crippen molar-refractivity contribution in [2.24, 2.45) is 13.0 Å². The summed E-state index contributed by atoms with van der Waals surface area (Å²) in [6, 6.07) is 7.95. The molecule has 1 aromatic carbocycles. The second-order valence-corrected chi connectivity index (χ2v) is 10.2. The molecule has 0 spiro atoms. The Labute approximate surface area is 222 Å². The summed E-state index contributed by atoms with van der Waals surface area (Å²) in [5.74, 6) is 1.72. The number of likely N-dealkylation sites (tertiary alicyclic amines) is 1. The van der Waals surface area contributed by atoms with E-state index in [-0.39, 0.29) is 23.5 Å². The third kappa shape index (κ3) is 5.40. The number of benzene rings is 1. The van der Waals surface area contributed by atoms with E-state index in [1.807, 2.05) is 0 Å². The number of aryl methyl sites for hydroxylation is 2. The van der Waals surface area contributed by atoms with Crippen LogP contribution >= 0.6 is 12.4 Å². The summed E-state index contributed by atoms with van der Waals surface area (Å²) in [5, 5.41) is 8.42. The predicted octanol–water partition coefficient (Wildman–Crippen LogP) is 6.24. The minimum atomic E-state index is -4.50. The van der Waals surface area contributed by atoms with Crippen molar-refractivity contribution in [2.45, 2.75) is 50.4 Å². The molecular formula is C26H28ClF6N5. The Kier molecular flexibility index (Phi) is 7.57. The van der Waals surface area contributed by atoms with Gasteiger partial charge < -0.3 is 9.47 Å². The molecule has 206 valence electrons. The fourth-order valence-electron chi connectivity index (χ4n) is 5.58. The Morgan fingerprint density at radius 2 is 1.66 bits per heavy atom. The van der Waals surface area contributed by atoms with Crippen LogP contribution in [0.5, 0.6) is 0 Å². The number of nitrogens with zero attached hydrogens (tertiary/aromatic N) is 5. The first-order chi connectivity index (χ1) is 17.4. The molecule has 1 aliphatic carbocycles. The molecule has 2 aliphatic rings. The summed E-state index contributed by atoms with van der Waals surface area (Å²) in [6.45, 7) is 4.23. The smallest absolute Gasteiger partial charge is 0.314 e. The highest BCUT2D eigenvalue weighted by atomic mass is 35.5. The molecule has 38 heavy (non-hydrogen) atoms. The zero-order chi connectivity index (χ0) is 26.6. The average Bonchev–Trinajstić information content (AvgIpc) is 3.21. The van der Waals surface area contributed by atoms with E-state index < -0.39 is 23.6 Å². The summed E-state index contributed by atoms with van der Waals surface area (Å²) < 4.78 is 79.2. The first-order valence-corrected chi connectivity index (χ1v) is 12.2. The molecule has 0 radical (unpaired) electrons. The molecule has 0 unspecified atom stereocenters. The average molecular weight is 560 g/mol. The first-order valence-electron chi connectivity index (χ1n) is 12.2. The molecule has 1 aliphatic heterocycles. The second-order valence-electron chi connectivity index (χ2n) is 10.2. The van der Waals surface area contributed by atoms with E-state index in [0.29, 0.717) is 23.7 Å². The highest BCUT2D eigenvalue weighted by Gasteiger charge is 2.60. The van der Waals surface area contributed by atoms with E-state index in [4.69, 9.17) is 0 Å². The molecule has 3 heterocycles. The van der Waals surface area contributed by atoms with Gasteiger partial charge in [-0.3, -0.25) is 0 Å². The molecule has 5 nitrogen and oxygen atoms in total. The van der Waals surface area contributed by atoms with Crippen molar-refractivity contribution >= 4 is 12.4 Å². The lowest BCUT2D eigenvalue weighted by molar-refractivity contribution is -0.141. The van der Waals surface area contributed by atoms with Crippen molar-refractivity contribution in [2.75, 3.05) is 19.6 Å². The van der Waals surface area contributed by atoms with Crippen LogP contribution in [0.4, 0.5) is 26.3 Å². The molecule has 5 rings (SSSR count). The van der Waals surface area contributed by atoms with Gasteiger partial charge in [-0.05, 0) is 68.5 Å². The van der Waals surface area contributed by atoms with Gasteiger partial charge in [0, 0.05) is 43.2 Å². The van der Waals surface area contributed by atoms with Gasteiger partial charge in [0.15, 0.2) is 5.82 Å². The van der Waals surface area contributed by atoms with E-state index >= 15 is 0 Å². The maximum atomic E-state index is 12.9. The fraction of sp³-hybridized carbons (Fsp3) is 0.500. The lowest BCUT2D eigenvalue weighted by Gasteiger charge is -2.21. The van der Waals surface area contributed by atoms with E-state index in [1.165, 1.54) is 25.1 Å². The lowest BCUT2D eigenvalue weighted by Crippen LogP contribution is -2.27. The normalized spacial score (nSPS) is 21.3. The van der Waals surface area contributed by atoms with Crippen LogP contribution < -0.4 is 0 Å². The van der Waals surface area contributed by atoms with Gasteiger partial charge in [-0.15, -0.1) is 22.6 Å². The van der Waals surface area contributed by atoms with Gasteiger partial charge in [-0.1, -0.05) is 12.1 Å². The minimum Gasteiger partial charge on any atom is -0.314 e. The van der Waals surface area contributed by atoms with E-state index in [1.54, 1.807) is 23.7 Å². The van der Waals surface area contributed by atoms with Gasteiger partial charge in [0.25, 0.3) is 0 Å². The van der Waals surface area contributed by atoms with E-state index in [9.17, 15) is 26.3 Å². The van der Waals surface area contributed by atoms with Crippen LogP contribution in [-0.2, 0) is 31.2 Å². The molecule has 0 bridgehead atoms. The van der Waals surface area contributed by atoms with Gasteiger partial charge >= 0.3 is 12.4 Å². The van der Waals surface area contributed by atoms with Crippen LogP contribution in [0, 0.1) is 12.8 Å². The Morgan fingerprint density at radius 3 is 2.29 bits per heavy atom. The van der Waals surface area contributed by atoms with Crippen molar-refractivity contribution in [1.82, 2.24) is 24.6 Å². The van der Waals surface area contributed by atoms with Gasteiger partial charge in [0.1, 0.15) is 11.5 Å². The third-order valence-corrected chi connectivity index (χ3v) is 7.71. The number of halogens is 7.